The zero-order valence-electron chi connectivity index (χ0n) is 11.3. The quantitative estimate of drug-likeness (QED) is 0.839. The molecule has 1 amide bonds. The van der Waals surface area contributed by atoms with Crippen LogP contribution in [0.25, 0.3) is 0 Å². The smallest absolute Gasteiger partial charge is 0.463 e. The molecule has 0 unspecified atom stereocenters. The van der Waals surface area contributed by atoms with Crippen molar-refractivity contribution in [3.63, 3.8) is 0 Å². The van der Waals surface area contributed by atoms with Crippen LogP contribution in [0.3, 0.4) is 0 Å². The van der Waals surface area contributed by atoms with Crippen LogP contribution in [-0.4, -0.2) is 24.6 Å². The topological polar surface area (TPSA) is 38.3 Å². The van der Waals surface area contributed by atoms with Crippen LogP contribution in [-0.2, 0) is 4.79 Å². The van der Waals surface area contributed by atoms with Crippen molar-refractivity contribution in [2.45, 2.75) is 25.9 Å². The second-order valence-corrected chi connectivity index (χ2v) is 4.76. The highest BCUT2D eigenvalue weighted by Gasteiger charge is 2.63. The SMILES string of the molecule is CC(C)COc1cccc(NC(=O)C(F)(F)C(F)(F)F)c1. The van der Waals surface area contributed by atoms with Crippen LogP contribution in [0.1, 0.15) is 13.8 Å². The number of carbonyl (C=O) groups excluding carboxylic acids is 1. The molecular weight excluding hydrogens is 297 g/mol. The molecule has 0 radical (unpaired) electrons. The first-order valence-electron chi connectivity index (χ1n) is 6.03. The van der Waals surface area contributed by atoms with E-state index in [0.717, 1.165) is 0 Å². The Morgan fingerprint density at radius 3 is 2.38 bits per heavy atom. The monoisotopic (exact) mass is 311 g/mol. The van der Waals surface area contributed by atoms with E-state index in [1.165, 1.54) is 29.6 Å². The lowest BCUT2D eigenvalue weighted by Gasteiger charge is -2.19. The number of hydrogen-bond donors (Lipinski definition) is 1. The molecule has 0 saturated heterocycles. The molecule has 118 valence electrons. The summed E-state index contributed by atoms with van der Waals surface area (Å²) >= 11 is 0. The molecule has 1 N–H and O–H groups in total. The number of carbonyl (C=O) groups is 1. The maximum absolute atomic E-state index is 12.8. The fourth-order valence-corrected chi connectivity index (χ4v) is 1.26. The lowest BCUT2D eigenvalue weighted by Crippen LogP contribution is -2.47. The van der Waals surface area contributed by atoms with Crippen LogP contribution >= 0.6 is 0 Å². The van der Waals surface area contributed by atoms with E-state index in [1.807, 2.05) is 13.8 Å². The fourth-order valence-electron chi connectivity index (χ4n) is 1.26. The largest absolute Gasteiger partial charge is 0.493 e. The molecule has 0 aliphatic heterocycles. The van der Waals surface area contributed by atoms with Crippen molar-refractivity contribution in [1.29, 1.82) is 0 Å². The Hall–Kier alpha value is -1.86. The predicted molar refractivity (Wildman–Crippen MR) is 66.4 cm³/mol. The van der Waals surface area contributed by atoms with Crippen LogP contribution in [0.5, 0.6) is 5.75 Å². The zero-order chi connectivity index (χ0) is 16.3. The van der Waals surface area contributed by atoms with Crippen molar-refractivity contribution in [2.75, 3.05) is 11.9 Å². The van der Waals surface area contributed by atoms with Gasteiger partial charge in [0.1, 0.15) is 5.75 Å². The first-order valence-corrected chi connectivity index (χ1v) is 6.03. The van der Waals surface area contributed by atoms with Gasteiger partial charge in [0.05, 0.1) is 6.61 Å². The molecule has 0 bridgehead atoms. The number of nitrogens with one attached hydrogen (secondary N) is 1. The highest BCUT2D eigenvalue weighted by Crippen LogP contribution is 2.36. The van der Waals surface area contributed by atoms with E-state index in [9.17, 15) is 26.7 Å². The Balaban J connectivity index is 2.79. The van der Waals surface area contributed by atoms with Crippen molar-refractivity contribution in [1.82, 2.24) is 0 Å². The summed E-state index contributed by atoms with van der Waals surface area (Å²) in [6, 6.07) is 5.23. The zero-order valence-corrected chi connectivity index (χ0v) is 11.3. The van der Waals surface area contributed by atoms with Crippen LogP contribution in [0.15, 0.2) is 24.3 Å². The van der Waals surface area contributed by atoms with Gasteiger partial charge < -0.3 is 10.1 Å². The average Bonchev–Trinajstić information content (AvgIpc) is 2.35. The summed E-state index contributed by atoms with van der Waals surface area (Å²) in [4.78, 5) is 11.0. The summed E-state index contributed by atoms with van der Waals surface area (Å²) in [5, 5.41) is 1.53. The summed E-state index contributed by atoms with van der Waals surface area (Å²) in [5.74, 6) is -7.42. The lowest BCUT2D eigenvalue weighted by molar-refractivity contribution is -0.267. The molecule has 1 aromatic carbocycles. The second-order valence-electron chi connectivity index (χ2n) is 4.76. The Morgan fingerprint density at radius 2 is 1.86 bits per heavy atom. The molecule has 21 heavy (non-hydrogen) atoms. The molecular formula is C13H14F5NO2. The molecule has 0 spiro atoms. The number of benzene rings is 1. The van der Waals surface area contributed by atoms with Gasteiger partial charge in [-0.2, -0.15) is 22.0 Å². The third-order valence-electron chi connectivity index (χ3n) is 2.32. The number of hydrogen-bond acceptors (Lipinski definition) is 2. The Morgan fingerprint density at radius 1 is 1.24 bits per heavy atom. The highest BCUT2D eigenvalue weighted by molar-refractivity contribution is 5.96. The average molecular weight is 311 g/mol. The first-order chi connectivity index (χ1) is 9.54. The van der Waals surface area contributed by atoms with Gasteiger partial charge in [0.15, 0.2) is 0 Å². The van der Waals surface area contributed by atoms with E-state index in [0.29, 0.717) is 6.61 Å². The number of ether oxygens (including phenoxy) is 1. The standard InChI is InChI=1S/C13H14F5NO2/c1-8(2)7-21-10-5-3-4-9(6-10)19-11(20)12(14,15)13(16,17)18/h3-6,8H,7H2,1-2H3,(H,19,20). The third-order valence-corrected chi connectivity index (χ3v) is 2.32. The van der Waals surface area contributed by atoms with Crippen LogP contribution in [0, 0.1) is 5.92 Å². The molecule has 0 saturated carbocycles. The van der Waals surface area contributed by atoms with Crippen molar-refractivity contribution < 1.29 is 31.5 Å². The Bertz CT molecular complexity index is 500. The van der Waals surface area contributed by atoms with E-state index in [1.54, 1.807) is 0 Å². The Kier molecular flexibility index (Phi) is 5.14. The molecule has 0 aromatic heterocycles. The summed E-state index contributed by atoms with van der Waals surface area (Å²) < 4.78 is 67.0. The normalized spacial score (nSPS) is 12.4. The van der Waals surface area contributed by atoms with Crippen molar-refractivity contribution >= 4 is 11.6 Å². The number of anilines is 1. The van der Waals surface area contributed by atoms with Crippen molar-refractivity contribution in [3.05, 3.63) is 24.3 Å². The molecule has 0 atom stereocenters. The minimum atomic E-state index is -5.94. The van der Waals surface area contributed by atoms with E-state index in [4.69, 9.17) is 4.74 Å². The molecule has 3 nitrogen and oxygen atoms in total. The maximum atomic E-state index is 12.8. The van der Waals surface area contributed by atoms with Gasteiger partial charge in [-0.15, -0.1) is 0 Å². The molecule has 0 aliphatic rings. The van der Waals surface area contributed by atoms with Crippen LogP contribution in [0.4, 0.5) is 27.6 Å². The highest BCUT2D eigenvalue weighted by atomic mass is 19.4. The number of amides is 1. The first kappa shape index (κ1) is 17.2. The molecule has 0 fully saturated rings. The van der Waals surface area contributed by atoms with E-state index in [-0.39, 0.29) is 17.4 Å². The van der Waals surface area contributed by atoms with E-state index >= 15 is 0 Å². The van der Waals surface area contributed by atoms with Crippen LogP contribution < -0.4 is 10.1 Å². The number of alkyl halides is 5. The summed E-state index contributed by atoms with van der Waals surface area (Å²) in [7, 11) is 0. The van der Waals surface area contributed by atoms with Gasteiger partial charge in [0.25, 0.3) is 0 Å². The van der Waals surface area contributed by atoms with Crippen molar-refractivity contribution in [2.24, 2.45) is 5.92 Å². The fraction of sp³-hybridized carbons (Fsp3) is 0.462. The minimum absolute atomic E-state index is 0.204. The molecule has 8 heteroatoms. The summed E-state index contributed by atoms with van der Waals surface area (Å²) in [5.41, 5.74) is -0.204. The Labute approximate surface area is 118 Å². The van der Waals surface area contributed by atoms with Gasteiger partial charge in [-0.05, 0) is 18.1 Å². The molecule has 0 heterocycles. The second kappa shape index (κ2) is 6.28. The van der Waals surface area contributed by atoms with Gasteiger partial charge in [0.2, 0.25) is 0 Å². The van der Waals surface area contributed by atoms with E-state index in [2.05, 4.69) is 0 Å². The molecule has 0 aliphatic carbocycles. The molecule has 1 aromatic rings. The summed E-state index contributed by atoms with van der Waals surface area (Å²) in [6.45, 7) is 4.11. The number of halogens is 5. The third kappa shape index (κ3) is 4.57. The summed E-state index contributed by atoms with van der Waals surface area (Å²) in [6.07, 6.45) is -5.94. The van der Waals surface area contributed by atoms with Gasteiger partial charge in [0, 0.05) is 11.8 Å². The number of rotatable bonds is 5. The van der Waals surface area contributed by atoms with Gasteiger partial charge in [-0.1, -0.05) is 19.9 Å². The molecule has 1 rings (SSSR count). The van der Waals surface area contributed by atoms with Crippen molar-refractivity contribution in [3.8, 4) is 5.75 Å². The van der Waals surface area contributed by atoms with Gasteiger partial charge in [-0.25, -0.2) is 0 Å². The lowest BCUT2D eigenvalue weighted by atomic mass is 10.2. The predicted octanol–water partition coefficient (Wildman–Crippen LogP) is 3.86. The minimum Gasteiger partial charge on any atom is -0.493 e. The maximum Gasteiger partial charge on any atom is 0.463 e. The van der Waals surface area contributed by atoms with Gasteiger partial charge in [-0.3, -0.25) is 4.79 Å². The van der Waals surface area contributed by atoms with Crippen LogP contribution in [0.2, 0.25) is 0 Å². The van der Waals surface area contributed by atoms with E-state index < -0.39 is 18.0 Å². The van der Waals surface area contributed by atoms with Gasteiger partial charge >= 0.3 is 18.0 Å².